The smallest absolute Gasteiger partial charge is 0.0909 e. The normalized spacial score (nSPS) is 10.3. The highest BCUT2D eigenvalue weighted by molar-refractivity contribution is 5.03. The van der Waals surface area contributed by atoms with Crippen LogP contribution in [0.25, 0.3) is 0 Å². The van der Waals surface area contributed by atoms with Crippen LogP contribution in [-0.4, -0.2) is 61.4 Å². The van der Waals surface area contributed by atoms with Crippen molar-refractivity contribution in [2.24, 2.45) is 33.0 Å². The number of nitrogens with zero attached hydrogens (tertiary/aromatic N) is 6. The third kappa shape index (κ3) is 39.5. The van der Waals surface area contributed by atoms with E-state index in [2.05, 4.69) is 69.8 Å². The first-order chi connectivity index (χ1) is 20.9. The van der Waals surface area contributed by atoms with Gasteiger partial charge in [-0.15, -0.1) is 0 Å². The first kappa shape index (κ1) is 46.9. The molecular weight excluding hydrogens is 564 g/mol. The number of aromatic nitrogens is 6. The molecule has 0 spiro atoms. The second-order valence-electron chi connectivity index (χ2n) is 13.0. The number of ether oxygens (including phenoxy) is 3. The van der Waals surface area contributed by atoms with Crippen molar-refractivity contribution in [3.8, 4) is 0 Å². The second kappa shape index (κ2) is 30.2. The SMILES string of the molecule is CC(C)C.CC(C)C.CC(C)OCCc1cnn(C)c1.CC(C)OCc1ccn(C)n1.CCCc1ccn(C)n1.COC(C)C. The lowest BCUT2D eigenvalue weighted by molar-refractivity contribution is 0.0633. The van der Waals surface area contributed by atoms with Crippen LogP contribution in [0.5, 0.6) is 0 Å². The number of hydrogen-bond donors (Lipinski definition) is 0. The monoisotopic (exact) mass is 637 g/mol. The Bertz CT molecular complexity index is 995. The number of methoxy groups -OCH3 is 1. The van der Waals surface area contributed by atoms with Crippen molar-refractivity contribution in [3.63, 3.8) is 0 Å². The van der Waals surface area contributed by atoms with E-state index < -0.39 is 0 Å². The van der Waals surface area contributed by atoms with Gasteiger partial charge in [-0.2, -0.15) is 15.3 Å². The Morgan fingerprint density at radius 3 is 1.40 bits per heavy atom. The molecule has 3 aromatic heterocycles. The molecule has 264 valence electrons. The lowest BCUT2D eigenvalue weighted by Gasteiger charge is -2.05. The van der Waals surface area contributed by atoms with Crippen LogP contribution in [0.15, 0.2) is 36.9 Å². The Labute approximate surface area is 278 Å². The molecule has 0 aliphatic rings. The van der Waals surface area contributed by atoms with Gasteiger partial charge in [0, 0.05) is 46.8 Å². The van der Waals surface area contributed by atoms with Crippen LogP contribution < -0.4 is 0 Å². The van der Waals surface area contributed by atoms with Crippen molar-refractivity contribution in [1.29, 1.82) is 0 Å². The second-order valence-corrected chi connectivity index (χ2v) is 13.0. The average molecular weight is 637 g/mol. The summed E-state index contributed by atoms with van der Waals surface area (Å²) >= 11 is 0. The van der Waals surface area contributed by atoms with E-state index >= 15 is 0 Å². The van der Waals surface area contributed by atoms with E-state index in [9.17, 15) is 0 Å². The zero-order chi connectivity index (χ0) is 35.4. The zero-order valence-electron chi connectivity index (χ0n) is 32.3. The summed E-state index contributed by atoms with van der Waals surface area (Å²) in [6.45, 7) is 28.7. The molecule has 0 aromatic carbocycles. The van der Waals surface area contributed by atoms with Crippen LogP contribution in [0.3, 0.4) is 0 Å². The molecule has 0 atom stereocenters. The van der Waals surface area contributed by atoms with Gasteiger partial charge < -0.3 is 14.2 Å². The largest absolute Gasteiger partial charge is 0.382 e. The van der Waals surface area contributed by atoms with Crippen molar-refractivity contribution in [1.82, 2.24) is 29.3 Å². The highest BCUT2D eigenvalue weighted by Crippen LogP contribution is 2.00. The average Bonchev–Trinajstić information content (AvgIpc) is 3.64. The summed E-state index contributed by atoms with van der Waals surface area (Å²) in [6, 6.07) is 4.02. The van der Waals surface area contributed by atoms with Gasteiger partial charge in [-0.3, -0.25) is 14.0 Å². The molecule has 0 saturated carbocycles. The molecule has 0 unspecified atom stereocenters. The van der Waals surface area contributed by atoms with Gasteiger partial charge in [-0.1, -0.05) is 54.9 Å². The summed E-state index contributed by atoms with van der Waals surface area (Å²) in [4.78, 5) is 0. The molecule has 0 fully saturated rings. The van der Waals surface area contributed by atoms with Gasteiger partial charge >= 0.3 is 0 Å². The van der Waals surface area contributed by atoms with Gasteiger partial charge in [0.15, 0.2) is 0 Å². The van der Waals surface area contributed by atoms with E-state index in [1.807, 2.05) is 103 Å². The minimum atomic E-state index is 0.275. The maximum atomic E-state index is 5.42. The molecule has 0 saturated heterocycles. The highest BCUT2D eigenvalue weighted by atomic mass is 16.5. The Hall–Kier alpha value is -2.49. The third-order valence-corrected chi connectivity index (χ3v) is 4.68. The zero-order valence-corrected chi connectivity index (χ0v) is 32.3. The molecule has 3 rings (SSSR count). The highest BCUT2D eigenvalue weighted by Gasteiger charge is 1.98. The lowest BCUT2D eigenvalue weighted by atomic mass is 10.3. The summed E-state index contributed by atoms with van der Waals surface area (Å²) in [5, 5.41) is 12.5. The molecule has 0 amide bonds. The number of aryl methyl sites for hydroxylation is 4. The molecule has 9 nitrogen and oxygen atoms in total. The minimum absolute atomic E-state index is 0.275. The predicted octanol–water partition coefficient (Wildman–Crippen LogP) is 8.47. The van der Waals surface area contributed by atoms with Crippen molar-refractivity contribution in [2.75, 3.05) is 13.7 Å². The minimum Gasteiger partial charge on any atom is -0.382 e. The Morgan fingerprint density at radius 2 is 1.09 bits per heavy atom. The molecule has 0 N–H and O–H groups in total. The fourth-order valence-electron chi connectivity index (χ4n) is 2.66. The summed E-state index contributed by atoms with van der Waals surface area (Å²) in [6.07, 6.45) is 12.0. The molecule has 9 heteroatoms. The topological polar surface area (TPSA) is 81.2 Å². The van der Waals surface area contributed by atoms with Gasteiger partial charge in [0.25, 0.3) is 0 Å². The van der Waals surface area contributed by atoms with Crippen LogP contribution in [-0.2, 0) is 54.8 Å². The van der Waals surface area contributed by atoms with E-state index in [-0.39, 0.29) is 6.10 Å². The maximum absolute atomic E-state index is 5.42. The van der Waals surface area contributed by atoms with Crippen LogP contribution in [0.4, 0.5) is 0 Å². The summed E-state index contributed by atoms with van der Waals surface area (Å²) in [5.74, 6) is 1.67. The molecule has 3 heterocycles. The number of rotatable bonds is 10. The van der Waals surface area contributed by atoms with E-state index in [0.717, 1.165) is 37.0 Å². The lowest BCUT2D eigenvalue weighted by Crippen LogP contribution is -2.05. The maximum Gasteiger partial charge on any atom is 0.0909 e. The molecular formula is C36H72N6O3. The van der Waals surface area contributed by atoms with Crippen LogP contribution in [0.1, 0.15) is 113 Å². The Kier molecular flexibility index (Phi) is 31.5. The van der Waals surface area contributed by atoms with Crippen molar-refractivity contribution in [2.45, 2.75) is 134 Å². The van der Waals surface area contributed by atoms with Gasteiger partial charge in [0.05, 0.1) is 49.1 Å². The van der Waals surface area contributed by atoms with Crippen molar-refractivity contribution < 1.29 is 14.2 Å². The van der Waals surface area contributed by atoms with Crippen LogP contribution in [0.2, 0.25) is 0 Å². The summed E-state index contributed by atoms with van der Waals surface area (Å²) in [5.41, 5.74) is 3.42. The quantitative estimate of drug-likeness (QED) is 0.222. The van der Waals surface area contributed by atoms with Crippen LogP contribution >= 0.6 is 0 Å². The Balaban J connectivity index is -0.000000497. The van der Waals surface area contributed by atoms with E-state index in [1.165, 1.54) is 17.7 Å². The van der Waals surface area contributed by atoms with Gasteiger partial charge in [-0.05, 0) is 83.9 Å². The van der Waals surface area contributed by atoms with Gasteiger partial charge in [0.1, 0.15) is 0 Å². The Morgan fingerprint density at radius 1 is 0.644 bits per heavy atom. The first-order valence-corrected chi connectivity index (χ1v) is 16.6. The molecule has 3 aromatic rings. The molecule has 0 radical (unpaired) electrons. The van der Waals surface area contributed by atoms with E-state index in [0.29, 0.717) is 18.8 Å². The molecule has 0 aliphatic carbocycles. The van der Waals surface area contributed by atoms with E-state index in [4.69, 9.17) is 14.2 Å². The fraction of sp³-hybridized carbons (Fsp3) is 0.750. The van der Waals surface area contributed by atoms with Crippen molar-refractivity contribution >= 4 is 0 Å². The standard InChI is InChI=1S/C9H16N2O.C8H14N2O.C7H12N2.C4H10O.2C4H10/c1-8(2)12-5-4-9-6-10-11(3)7-9;1-7(2)11-6-8-4-5-10(3)9-8;1-3-4-7-5-6-9(2)8-7;1-4(2)5-3;2*1-4(2)3/h6-8H,4-5H2,1-3H3;4-5,7H,6H2,1-3H3;5-6H,3-4H2,1-2H3;4H,1-3H3;2*4H,1-3H3. The third-order valence-electron chi connectivity index (χ3n) is 4.68. The van der Waals surface area contributed by atoms with Crippen LogP contribution in [0, 0.1) is 11.8 Å². The molecule has 0 bridgehead atoms. The molecule has 45 heavy (non-hydrogen) atoms. The molecule has 0 aliphatic heterocycles. The summed E-state index contributed by atoms with van der Waals surface area (Å²) in [7, 11) is 7.47. The van der Waals surface area contributed by atoms with Gasteiger partial charge in [0.2, 0.25) is 0 Å². The van der Waals surface area contributed by atoms with Gasteiger partial charge in [-0.25, -0.2) is 0 Å². The predicted molar refractivity (Wildman–Crippen MR) is 192 cm³/mol. The number of hydrogen-bond acceptors (Lipinski definition) is 6. The van der Waals surface area contributed by atoms with Crippen molar-refractivity contribution in [3.05, 3.63) is 53.9 Å². The first-order valence-electron chi connectivity index (χ1n) is 16.6. The van der Waals surface area contributed by atoms with E-state index in [1.54, 1.807) is 11.8 Å². The fourth-order valence-corrected chi connectivity index (χ4v) is 2.66. The summed E-state index contributed by atoms with van der Waals surface area (Å²) < 4.78 is 21.0.